The number of carbonyl (C=O) groups excluding carboxylic acids is 2. The lowest BCUT2D eigenvalue weighted by molar-refractivity contribution is -0.141. The molecule has 2 aliphatic rings. The van der Waals surface area contributed by atoms with Crippen molar-refractivity contribution in [2.45, 2.75) is 18.9 Å². The van der Waals surface area contributed by atoms with Gasteiger partial charge in [0.15, 0.2) is 6.61 Å². The quantitative estimate of drug-likeness (QED) is 0.782. The van der Waals surface area contributed by atoms with Crippen LogP contribution in [0.2, 0.25) is 0 Å². The lowest BCUT2D eigenvalue weighted by atomic mass is 10.1. The molecule has 2 amide bonds. The van der Waals surface area contributed by atoms with Gasteiger partial charge >= 0.3 is 0 Å². The maximum Gasteiger partial charge on any atom is 0.260 e. The molecule has 3 rings (SSSR count). The van der Waals surface area contributed by atoms with E-state index in [0.717, 1.165) is 25.9 Å². The number of ether oxygens (including phenoxy) is 1. The van der Waals surface area contributed by atoms with E-state index in [-0.39, 0.29) is 18.4 Å². The molecule has 2 saturated heterocycles. The first-order chi connectivity index (χ1) is 13.1. The zero-order chi connectivity index (χ0) is 19.1. The van der Waals surface area contributed by atoms with E-state index in [1.165, 1.54) is 0 Å². The predicted octanol–water partition coefficient (Wildman–Crippen LogP) is 0.420. The average Bonchev–Trinajstić information content (AvgIpc) is 2.73. The highest BCUT2D eigenvalue weighted by atomic mass is 16.5. The highest BCUT2D eigenvalue weighted by molar-refractivity contribution is 5.80. The largest absolute Gasteiger partial charge is 0.484 e. The maximum absolute atomic E-state index is 12.6. The molecule has 0 spiro atoms. The summed E-state index contributed by atoms with van der Waals surface area (Å²) in [6, 6.07) is 9.82. The topological polar surface area (TPSA) is 65.1 Å². The minimum atomic E-state index is -0.0298. The summed E-state index contributed by atoms with van der Waals surface area (Å²) in [5.41, 5.74) is 0. The molecule has 2 fully saturated rings. The van der Waals surface area contributed by atoms with Crippen LogP contribution in [0.5, 0.6) is 5.75 Å². The van der Waals surface area contributed by atoms with Crippen molar-refractivity contribution in [3.63, 3.8) is 0 Å². The maximum atomic E-state index is 12.6. The van der Waals surface area contributed by atoms with Crippen LogP contribution in [0, 0.1) is 0 Å². The van der Waals surface area contributed by atoms with Gasteiger partial charge in [-0.25, -0.2) is 0 Å². The van der Waals surface area contributed by atoms with Gasteiger partial charge in [0.2, 0.25) is 5.91 Å². The van der Waals surface area contributed by atoms with Gasteiger partial charge in [-0.15, -0.1) is 0 Å². The number of hydrogen-bond donors (Lipinski definition) is 1. The molecular formula is C20H30N4O3. The number of nitrogens with zero attached hydrogens (tertiary/aromatic N) is 3. The van der Waals surface area contributed by atoms with E-state index >= 15 is 0 Å². The Kier molecular flexibility index (Phi) is 7.06. The molecule has 7 nitrogen and oxygen atoms in total. The number of piperazine rings is 1. The van der Waals surface area contributed by atoms with Crippen LogP contribution in [0.4, 0.5) is 0 Å². The molecule has 0 bridgehead atoms. The molecule has 0 aliphatic carbocycles. The standard InChI is InChI=1S/C20H30N4O3/c1-22(17-7-9-21-10-8-17)15-19(25)23-11-13-24(14-12-23)20(26)16-27-18-5-3-2-4-6-18/h2-6,17,21H,7-16H2,1H3. The molecule has 0 unspecified atom stereocenters. The van der Waals surface area contributed by atoms with E-state index in [1.807, 2.05) is 42.3 Å². The molecule has 1 N–H and O–H groups in total. The van der Waals surface area contributed by atoms with Crippen molar-refractivity contribution in [1.29, 1.82) is 0 Å². The third-order valence-electron chi connectivity index (χ3n) is 5.41. The van der Waals surface area contributed by atoms with Gasteiger partial charge in [0, 0.05) is 32.2 Å². The Morgan fingerprint density at radius 1 is 1.04 bits per heavy atom. The van der Waals surface area contributed by atoms with E-state index in [2.05, 4.69) is 10.2 Å². The molecule has 0 radical (unpaired) electrons. The Balaban J connectivity index is 1.38. The Morgan fingerprint density at radius 3 is 2.26 bits per heavy atom. The molecule has 0 aromatic heterocycles. The summed E-state index contributed by atoms with van der Waals surface area (Å²) in [7, 11) is 2.04. The summed E-state index contributed by atoms with van der Waals surface area (Å²) in [4.78, 5) is 30.7. The molecule has 27 heavy (non-hydrogen) atoms. The second kappa shape index (κ2) is 9.71. The van der Waals surface area contributed by atoms with Gasteiger partial charge in [-0.1, -0.05) is 18.2 Å². The van der Waals surface area contributed by atoms with Crippen molar-refractivity contribution in [1.82, 2.24) is 20.0 Å². The first-order valence-corrected chi connectivity index (χ1v) is 9.78. The number of carbonyl (C=O) groups is 2. The van der Waals surface area contributed by atoms with Crippen LogP contribution < -0.4 is 10.1 Å². The molecule has 1 aromatic rings. The van der Waals surface area contributed by atoms with Gasteiger partial charge in [0.05, 0.1) is 6.54 Å². The summed E-state index contributed by atoms with van der Waals surface area (Å²) >= 11 is 0. The van der Waals surface area contributed by atoms with Gasteiger partial charge in [0.1, 0.15) is 5.75 Å². The highest BCUT2D eigenvalue weighted by Gasteiger charge is 2.26. The van der Waals surface area contributed by atoms with Crippen LogP contribution in [0.25, 0.3) is 0 Å². The number of amides is 2. The SMILES string of the molecule is CN(CC(=O)N1CCN(C(=O)COc2ccccc2)CC1)C1CCNCC1. The van der Waals surface area contributed by atoms with E-state index in [1.54, 1.807) is 4.90 Å². The van der Waals surface area contributed by atoms with Crippen molar-refractivity contribution < 1.29 is 14.3 Å². The van der Waals surface area contributed by atoms with Crippen molar-refractivity contribution in [3.05, 3.63) is 30.3 Å². The predicted molar refractivity (Wildman–Crippen MR) is 104 cm³/mol. The average molecular weight is 374 g/mol. The zero-order valence-corrected chi connectivity index (χ0v) is 16.1. The van der Waals surface area contributed by atoms with Crippen LogP contribution in [0.15, 0.2) is 30.3 Å². The molecule has 0 atom stereocenters. The molecule has 2 heterocycles. The number of rotatable bonds is 6. The highest BCUT2D eigenvalue weighted by Crippen LogP contribution is 2.12. The molecule has 7 heteroatoms. The van der Waals surface area contributed by atoms with E-state index < -0.39 is 0 Å². The Bertz CT molecular complexity index is 611. The van der Waals surface area contributed by atoms with Gasteiger partial charge in [-0.2, -0.15) is 0 Å². The Morgan fingerprint density at radius 2 is 1.63 bits per heavy atom. The third kappa shape index (κ3) is 5.68. The number of benzene rings is 1. The van der Waals surface area contributed by atoms with Crippen LogP contribution in [0.3, 0.4) is 0 Å². The van der Waals surface area contributed by atoms with E-state index in [0.29, 0.717) is 44.5 Å². The number of hydrogen-bond acceptors (Lipinski definition) is 5. The normalized spacial score (nSPS) is 18.6. The first kappa shape index (κ1) is 19.6. The molecule has 148 valence electrons. The number of nitrogens with one attached hydrogen (secondary N) is 1. The van der Waals surface area contributed by atoms with Crippen LogP contribution >= 0.6 is 0 Å². The minimum absolute atomic E-state index is 0.0298. The van der Waals surface area contributed by atoms with Crippen molar-refractivity contribution in [2.24, 2.45) is 0 Å². The fourth-order valence-corrected chi connectivity index (χ4v) is 3.65. The number of likely N-dealkylation sites (N-methyl/N-ethyl adjacent to an activating group) is 1. The van der Waals surface area contributed by atoms with Gasteiger partial charge in [-0.05, 0) is 45.1 Å². The second-order valence-electron chi connectivity index (χ2n) is 7.26. The van der Waals surface area contributed by atoms with Crippen molar-refractivity contribution >= 4 is 11.8 Å². The lowest BCUT2D eigenvalue weighted by Gasteiger charge is -2.37. The monoisotopic (exact) mass is 374 g/mol. The molecule has 2 aliphatic heterocycles. The summed E-state index contributed by atoms with van der Waals surface area (Å²) in [6.45, 7) is 4.86. The fraction of sp³-hybridized carbons (Fsp3) is 0.600. The van der Waals surface area contributed by atoms with Gasteiger partial charge in [0.25, 0.3) is 5.91 Å². The second-order valence-corrected chi connectivity index (χ2v) is 7.26. The summed E-state index contributed by atoms with van der Waals surface area (Å²) in [5, 5.41) is 3.35. The smallest absolute Gasteiger partial charge is 0.260 e. The Hall–Kier alpha value is -2.12. The van der Waals surface area contributed by atoms with Crippen molar-refractivity contribution in [3.8, 4) is 5.75 Å². The first-order valence-electron chi connectivity index (χ1n) is 9.78. The van der Waals surface area contributed by atoms with Gasteiger partial charge < -0.3 is 19.9 Å². The van der Waals surface area contributed by atoms with Crippen LogP contribution in [-0.4, -0.2) is 92.0 Å². The summed E-state index contributed by atoms with van der Waals surface area (Å²) in [5.74, 6) is 0.821. The fourth-order valence-electron chi connectivity index (χ4n) is 3.65. The lowest BCUT2D eigenvalue weighted by Crippen LogP contribution is -2.54. The number of para-hydroxylation sites is 1. The van der Waals surface area contributed by atoms with Crippen LogP contribution in [0.1, 0.15) is 12.8 Å². The molecule has 1 aromatic carbocycles. The van der Waals surface area contributed by atoms with Crippen molar-refractivity contribution in [2.75, 3.05) is 59.5 Å². The van der Waals surface area contributed by atoms with E-state index in [4.69, 9.17) is 4.74 Å². The molecular weight excluding hydrogens is 344 g/mol. The summed E-state index contributed by atoms with van der Waals surface area (Å²) in [6.07, 6.45) is 2.18. The Labute approximate surface area is 161 Å². The zero-order valence-electron chi connectivity index (χ0n) is 16.1. The van der Waals surface area contributed by atoms with E-state index in [9.17, 15) is 9.59 Å². The van der Waals surface area contributed by atoms with Crippen LogP contribution in [-0.2, 0) is 9.59 Å². The third-order valence-corrected chi connectivity index (χ3v) is 5.41. The summed E-state index contributed by atoms with van der Waals surface area (Å²) < 4.78 is 5.53. The number of piperidine rings is 1. The molecule has 0 saturated carbocycles. The van der Waals surface area contributed by atoms with Gasteiger partial charge in [-0.3, -0.25) is 14.5 Å². The minimum Gasteiger partial charge on any atom is -0.484 e.